The Balaban J connectivity index is 0.000000980. The molecule has 0 saturated carbocycles. The summed E-state index contributed by atoms with van der Waals surface area (Å²) in [6.45, 7) is 1.18. The van der Waals surface area contributed by atoms with Crippen molar-refractivity contribution in [1.29, 1.82) is 0 Å². The Labute approximate surface area is 105 Å². The molecule has 1 aromatic carbocycles. The van der Waals surface area contributed by atoms with Gasteiger partial charge in [-0.15, -0.1) is 12.4 Å². The highest BCUT2D eigenvalue weighted by molar-refractivity contribution is 14.1. The van der Waals surface area contributed by atoms with Crippen LogP contribution in [0.15, 0.2) is 24.3 Å². The zero-order chi connectivity index (χ0) is 9.10. The van der Waals surface area contributed by atoms with E-state index in [9.17, 15) is 0 Å². The molecular formula is C11H15ClIN. The number of nitrogens with one attached hydrogen (secondary N) is 1. The van der Waals surface area contributed by atoms with Gasteiger partial charge < -0.3 is 5.32 Å². The zero-order valence-electron chi connectivity index (χ0n) is 8.00. The lowest BCUT2D eigenvalue weighted by Gasteiger charge is -2.24. The molecule has 0 aromatic heterocycles. The summed E-state index contributed by atoms with van der Waals surface area (Å²) >= 11 is 2.42. The highest BCUT2D eigenvalue weighted by Crippen LogP contribution is 2.26. The lowest BCUT2D eigenvalue weighted by atomic mass is 9.98. The van der Waals surface area contributed by atoms with Gasteiger partial charge in [0.05, 0.1) is 0 Å². The molecule has 1 heterocycles. The van der Waals surface area contributed by atoms with E-state index in [2.05, 4.69) is 52.2 Å². The molecule has 14 heavy (non-hydrogen) atoms. The molecule has 1 aliphatic heterocycles. The molecule has 1 nitrogen and oxygen atoms in total. The smallest absolute Gasteiger partial charge is 0.0330 e. The SMILES string of the molecule is Cl.Ic1ccccc1[C@@H]1CCCCN1. The van der Waals surface area contributed by atoms with Crippen molar-refractivity contribution in [3.05, 3.63) is 33.4 Å². The van der Waals surface area contributed by atoms with Gasteiger partial charge in [-0.1, -0.05) is 24.6 Å². The van der Waals surface area contributed by atoms with E-state index in [-0.39, 0.29) is 12.4 Å². The normalized spacial score (nSPS) is 21.4. The van der Waals surface area contributed by atoms with Crippen molar-refractivity contribution in [2.24, 2.45) is 0 Å². The summed E-state index contributed by atoms with van der Waals surface area (Å²) in [6, 6.07) is 9.26. The largest absolute Gasteiger partial charge is 0.310 e. The summed E-state index contributed by atoms with van der Waals surface area (Å²) in [6.07, 6.45) is 3.99. The number of hydrogen-bond acceptors (Lipinski definition) is 1. The van der Waals surface area contributed by atoms with Gasteiger partial charge in [-0.25, -0.2) is 0 Å². The molecule has 0 radical (unpaired) electrons. The first-order valence-corrected chi connectivity index (χ1v) is 5.93. The Hall–Kier alpha value is 0.200. The number of piperidine rings is 1. The lowest BCUT2D eigenvalue weighted by molar-refractivity contribution is 0.411. The molecule has 3 heteroatoms. The number of rotatable bonds is 1. The minimum Gasteiger partial charge on any atom is -0.310 e. The Kier molecular flexibility index (Phi) is 5.20. The summed E-state index contributed by atoms with van der Waals surface area (Å²) in [5.41, 5.74) is 1.47. The second-order valence-corrected chi connectivity index (χ2v) is 4.69. The van der Waals surface area contributed by atoms with Gasteiger partial charge in [-0.2, -0.15) is 0 Å². The highest BCUT2D eigenvalue weighted by atomic mass is 127. The van der Waals surface area contributed by atoms with Crippen LogP contribution in [0.4, 0.5) is 0 Å². The van der Waals surface area contributed by atoms with E-state index in [0.29, 0.717) is 6.04 Å². The molecule has 0 unspecified atom stereocenters. The van der Waals surface area contributed by atoms with Crippen molar-refractivity contribution in [3.8, 4) is 0 Å². The third kappa shape index (κ3) is 2.84. The molecule has 0 amide bonds. The predicted molar refractivity (Wildman–Crippen MR) is 71.0 cm³/mol. The van der Waals surface area contributed by atoms with Gasteiger partial charge in [0.15, 0.2) is 0 Å². The standard InChI is InChI=1S/C11H14IN.ClH/c12-10-6-2-1-5-9(10)11-7-3-4-8-13-11;/h1-2,5-6,11,13H,3-4,7-8H2;1H/t11-;/m0./s1. The maximum atomic E-state index is 3.57. The molecule has 1 N–H and O–H groups in total. The first-order chi connectivity index (χ1) is 6.38. The van der Waals surface area contributed by atoms with Crippen LogP contribution in [0.2, 0.25) is 0 Å². The summed E-state index contributed by atoms with van der Waals surface area (Å²) in [5, 5.41) is 3.57. The molecule has 0 bridgehead atoms. The van der Waals surface area contributed by atoms with Gasteiger partial charge in [-0.05, 0) is 53.6 Å². The van der Waals surface area contributed by atoms with Crippen molar-refractivity contribution in [2.75, 3.05) is 6.54 Å². The van der Waals surface area contributed by atoms with Gasteiger partial charge in [-0.3, -0.25) is 0 Å². The van der Waals surface area contributed by atoms with E-state index in [0.717, 1.165) is 0 Å². The van der Waals surface area contributed by atoms with Gasteiger partial charge in [0.1, 0.15) is 0 Å². The minimum absolute atomic E-state index is 0. The first kappa shape index (κ1) is 12.3. The van der Waals surface area contributed by atoms with Gasteiger partial charge in [0.25, 0.3) is 0 Å². The van der Waals surface area contributed by atoms with Gasteiger partial charge in [0.2, 0.25) is 0 Å². The fourth-order valence-corrected chi connectivity index (χ4v) is 2.64. The lowest BCUT2D eigenvalue weighted by Crippen LogP contribution is -2.27. The van der Waals surface area contributed by atoms with Crippen LogP contribution >= 0.6 is 35.0 Å². The Bertz CT molecular complexity index is 284. The van der Waals surface area contributed by atoms with Crippen LogP contribution in [0, 0.1) is 3.57 Å². The molecule has 1 atom stereocenters. The third-order valence-corrected chi connectivity index (χ3v) is 3.57. The summed E-state index contributed by atoms with van der Waals surface area (Å²) in [7, 11) is 0. The molecule has 1 aromatic rings. The maximum absolute atomic E-state index is 3.57. The van der Waals surface area contributed by atoms with Gasteiger partial charge >= 0.3 is 0 Å². The number of benzene rings is 1. The van der Waals surface area contributed by atoms with Crippen LogP contribution in [0.25, 0.3) is 0 Å². The van der Waals surface area contributed by atoms with Crippen molar-refractivity contribution in [2.45, 2.75) is 25.3 Å². The molecule has 0 aliphatic carbocycles. The molecule has 78 valence electrons. The van der Waals surface area contributed by atoms with E-state index in [1.165, 1.54) is 34.9 Å². The van der Waals surface area contributed by atoms with Crippen molar-refractivity contribution in [3.63, 3.8) is 0 Å². The van der Waals surface area contributed by atoms with E-state index >= 15 is 0 Å². The fourth-order valence-electron chi connectivity index (χ4n) is 1.87. The maximum Gasteiger partial charge on any atom is 0.0330 e. The molecule has 1 fully saturated rings. The average Bonchev–Trinajstić information content (AvgIpc) is 2.20. The molecule has 1 saturated heterocycles. The zero-order valence-corrected chi connectivity index (χ0v) is 11.0. The second-order valence-electron chi connectivity index (χ2n) is 3.52. The molecule has 2 rings (SSSR count). The van der Waals surface area contributed by atoms with Crippen molar-refractivity contribution in [1.82, 2.24) is 5.32 Å². The van der Waals surface area contributed by atoms with E-state index in [1.807, 2.05) is 0 Å². The van der Waals surface area contributed by atoms with Crippen LogP contribution in [0.3, 0.4) is 0 Å². The first-order valence-electron chi connectivity index (χ1n) is 4.86. The van der Waals surface area contributed by atoms with Crippen LogP contribution in [-0.2, 0) is 0 Å². The van der Waals surface area contributed by atoms with Crippen molar-refractivity contribution >= 4 is 35.0 Å². The summed E-state index contributed by atoms with van der Waals surface area (Å²) in [5.74, 6) is 0. The third-order valence-electron chi connectivity index (χ3n) is 2.59. The average molecular weight is 324 g/mol. The number of halogens is 2. The Morgan fingerprint density at radius 2 is 2.00 bits per heavy atom. The molecule has 0 spiro atoms. The molecule has 1 aliphatic rings. The second kappa shape index (κ2) is 5.93. The summed E-state index contributed by atoms with van der Waals surface area (Å²) in [4.78, 5) is 0. The van der Waals surface area contributed by atoms with Crippen LogP contribution in [0.5, 0.6) is 0 Å². The van der Waals surface area contributed by atoms with Crippen LogP contribution in [-0.4, -0.2) is 6.54 Å². The monoisotopic (exact) mass is 323 g/mol. The van der Waals surface area contributed by atoms with E-state index in [4.69, 9.17) is 0 Å². The van der Waals surface area contributed by atoms with Crippen LogP contribution < -0.4 is 5.32 Å². The molecular weight excluding hydrogens is 308 g/mol. The van der Waals surface area contributed by atoms with Crippen molar-refractivity contribution < 1.29 is 0 Å². The van der Waals surface area contributed by atoms with Gasteiger partial charge in [0, 0.05) is 9.61 Å². The predicted octanol–water partition coefficient (Wildman–Crippen LogP) is 3.53. The Morgan fingerprint density at radius 3 is 2.64 bits per heavy atom. The van der Waals surface area contributed by atoms with Crippen LogP contribution in [0.1, 0.15) is 30.9 Å². The quantitative estimate of drug-likeness (QED) is 0.780. The topological polar surface area (TPSA) is 12.0 Å². The van der Waals surface area contributed by atoms with E-state index in [1.54, 1.807) is 0 Å². The fraction of sp³-hybridized carbons (Fsp3) is 0.455. The minimum atomic E-state index is 0. The van der Waals surface area contributed by atoms with E-state index < -0.39 is 0 Å². The summed E-state index contributed by atoms with van der Waals surface area (Å²) < 4.78 is 1.39. The Morgan fingerprint density at radius 1 is 1.21 bits per heavy atom. The highest BCUT2D eigenvalue weighted by Gasteiger charge is 2.15. The number of hydrogen-bond donors (Lipinski definition) is 1.